The fourth-order valence-corrected chi connectivity index (χ4v) is 4.08. The number of hydrogen-bond acceptors (Lipinski definition) is 5. The van der Waals surface area contributed by atoms with Gasteiger partial charge in [0.1, 0.15) is 5.82 Å². The van der Waals surface area contributed by atoms with Gasteiger partial charge in [0.15, 0.2) is 16.7 Å². The fourth-order valence-electron chi connectivity index (χ4n) is 2.58. The summed E-state index contributed by atoms with van der Waals surface area (Å²) in [7, 11) is 0. The van der Waals surface area contributed by atoms with E-state index >= 15 is 0 Å². The minimum atomic E-state index is -0.339. The Bertz CT molecular complexity index is 961. The number of benzene rings is 2. The first-order valence-corrected chi connectivity index (χ1v) is 10.2. The molecular weight excluding hydrogens is 447 g/mol. The van der Waals surface area contributed by atoms with E-state index in [0.717, 1.165) is 0 Å². The molecule has 8 heteroatoms. The number of aromatic hydroxyl groups is 1. The van der Waals surface area contributed by atoms with E-state index in [1.807, 2.05) is 13.8 Å². The number of amides is 1. The third kappa shape index (κ3) is 4.39. The maximum Gasteiger partial charge on any atom is 0.266 e. The van der Waals surface area contributed by atoms with Crippen molar-refractivity contribution in [3.63, 3.8) is 0 Å². The second-order valence-electron chi connectivity index (χ2n) is 5.81. The Labute approximate surface area is 175 Å². The van der Waals surface area contributed by atoms with Crippen LogP contribution < -0.4 is 4.74 Å². The van der Waals surface area contributed by atoms with Crippen LogP contribution in [-0.4, -0.2) is 34.2 Å². The summed E-state index contributed by atoms with van der Waals surface area (Å²) in [6, 6.07) is 9.00. The van der Waals surface area contributed by atoms with Gasteiger partial charge in [-0.15, -0.1) is 0 Å². The molecule has 3 rings (SSSR count). The molecule has 5 nitrogen and oxygen atoms in total. The van der Waals surface area contributed by atoms with Gasteiger partial charge in [0.05, 0.1) is 17.2 Å². The molecule has 1 heterocycles. The lowest BCUT2D eigenvalue weighted by Crippen LogP contribution is -2.28. The van der Waals surface area contributed by atoms with Crippen LogP contribution in [0.4, 0.5) is 10.1 Å². The van der Waals surface area contributed by atoms with Crippen molar-refractivity contribution < 1.29 is 19.0 Å². The Balaban J connectivity index is 1.96. The molecule has 0 radical (unpaired) electrons. The fraction of sp³-hybridized carbons (Fsp3) is 0.200. The molecule has 2 aromatic rings. The van der Waals surface area contributed by atoms with Gasteiger partial charge in [0.2, 0.25) is 0 Å². The lowest BCUT2D eigenvalue weighted by molar-refractivity contribution is -0.122. The summed E-state index contributed by atoms with van der Waals surface area (Å²) in [5, 5.41) is 10.5. The second-order valence-corrected chi connectivity index (χ2v) is 7.67. The SMILES string of the molecule is CCOc1cc(/C=C2/SC(=Nc3ccc(F)cc3)N(CC)C2=O)c(Br)cc1O. The molecule has 0 aromatic heterocycles. The molecule has 1 aliphatic heterocycles. The number of carbonyl (C=O) groups excluding carboxylic acids is 1. The van der Waals surface area contributed by atoms with E-state index in [1.165, 1.54) is 30.0 Å². The molecule has 0 aliphatic carbocycles. The summed E-state index contributed by atoms with van der Waals surface area (Å²) in [5.41, 5.74) is 1.28. The van der Waals surface area contributed by atoms with Crippen LogP contribution in [-0.2, 0) is 4.79 Å². The molecule has 146 valence electrons. The van der Waals surface area contributed by atoms with Gasteiger partial charge >= 0.3 is 0 Å². The maximum atomic E-state index is 13.1. The van der Waals surface area contributed by atoms with Crippen molar-refractivity contribution in [2.24, 2.45) is 4.99 Å². The van der Waals surface area contributed by atoms with E-state index < -0.39 is 0 Å². The molecule has 0 atom stereocenters. The molecular formula is C20H18BrFN2O3S. The standard InChI is InChI=1S/C20H18BrFN2O3S/c1-3-24-19(26)18(28-20(24)23-14-7-5-13(22)6-8-14)10-12-9-17(27-4-2)16(25)11-15(12)21/h5-11,25H,3-4H2,1-2H3/b18-10+,23-20?. The van der Waals surface area contributed by atoms with Crippen molar-refractivity contribution in [2.45, 2.75) is 13.8 Å². The van der Waals surface area contributed by atoms with Crippen molar-refractivity contribution in [2.75, 3.05) is 13.2 Å². The van der Waals surface area contributed by atoms with Gasteiger partial charge in [-0.3, -0.25) is 9.69 Å². The summed E-state index contributed by atoms with van der Waals surface area (Å²) in [6.07, 6.45) is 1.73. The molecule has 0 spiro atoms. The van der Waals surface area contributed by atoms with E-state index in [-0.39, 0.29) is 17.5 Å². The Morgan fingerprint density at radius 1 is 1.29 bits per heavy atom. The highest BCUT2D eigenvalue weighted by Gasteiger charge is 2.32. The Morgan fingerprint density at radius 2 is 2.00 bits per heavy atom. The van der Waals surface area contributed by atoms with Crippen LogP contribution in [0.3, 0.4) is 0 Å². The van der Waals surface area contributed by atoms with Gasteiger partial charge in [-0.1, -0.05) is 15.9 Å². The average molecular weight is 465 g/mol. The van der Waals surface area contributed by atoms with E-state index in [1.54, 1.807) is 29.2 Å². The van der Waals surface area contributed by atoms with Crippen LogP contribution in [0.25, 0.3) is 6.08 Å². The number of amidine groups is 1. The zero-order valence-corrected chi connectivity index (χ0v) is 17.7. The first-order chi connectivity index (χ1) is 13.4. The number of nitrogens with zero attached hydrogens (tertiary/aromatic N) is 2. The van der Waals surface area contributed by atoms with Crippen LogP contribution >= 0.6 is 27.7 Å². The predicted octanol–water partition coefficient (Wildman–Crippen LogP) is 5.32. The Kier molecular flexibility index (Phi) is 6.41. The van der Waals surface area contributed by atoms with Gasteiger partial charge in [-0.05, 0) is 73.6 Å². The van der Waals surface area contributed by atoms with E-state index in [2.05, 4.69) is 20.9 Å². The smallest absolute Gasteiger partial charge is 0.266 e. The molecule has 1 aliphatic rings. The van der Waals surface area contributed by atoms with Crippen molar-refractivity contribution in [1.82, 2.24) is 4.90 Å². The van der Waals surface area contributed by atoms with Crippen LogP contribution in [0.5, 0.6) is 11.5 Å². The molecule has 2 aromatic carbocycles. The average Bonchev–Trinajstić information content (AvgIpc) is 2.95. The molecule has 1 amide bonds. The minimum absolute atomic E-state index is 0.0232. The number of carbonyl (C=O) groups is 1. The van der Waals surface area contributed by atoms with Crippen molar-refractivity contribution in [1.29, 1.82) is 0 Å². The van der Waals surface area contributed by atoms with E-state index in [0.29, 0.717) is 44.7 Å². The number of halogens is 2. The third-order valence-electron chi connectivity index (χ3n) is 3.92. The molecule has 1 N–H and O–H groups in total. The lowest BCUT2D eigenvalue weighted by Gasteiger charge is -2.12. The highest BCUT2D eigenvalue weighted by molar-refractivity contribution is 9.10. The number of phenolic OH excluding ortho intramolecular Hbond substituents is 1. The van der Waals surface area contributed by atoms with Gasteiger partial charge in [0.25, 0.3) is 5.91 Å². The van der Waals surface area contributed by atoms with E-state index in [4.69, 9.17) is 4.74 Å². The number of phenols is 1. The first-order valence-electron chi connectivity index (χ1n) is 8.64. The highest BCUT2D eigenvalue weighted by Crippen LogP contribution is 2.38. The minimum Gasteiger partial charge on any atom is -0.504 e. The summed E-state index contributed by atoms with van der Waals surface area (Å²) in [4.78, 5) is 19.3. The topological polar surface area (TPSA) is 62.1 Å². The molecule has 1 fully saturated rings. The van der Waals surface area contributed by atoms with Gasteiger partial charge in [-0.25, -0.2) is 9.38 Å². The van der Waals surface area contributed by atoms with Crippen LogP contribution in [0, 0.1) is 5.82 Å². The lowest BCUT2D eigenvalue weighted by atomic mass is 10.2. The summed E-state index contributed by atoms with van der Waals surface area (Å²) in [6.45, 7) is 4.57. The summed E-state index contributed by atoms with van der Waals surface area (Å²) < 4.78 is 19.2. The van der Waals surface area contributed by atoms with Gasteiger partial charge in [-0.2, -0.15) is 0 Å². The number of aliphatic imine (C=N–C) groups is 1. The maximum absolute atomic E-state index is 13.1. The molecule has 0 bridgehead atoms. The van der Waals surface area contributed by atoms with Crippen molar-refractivity contribution in [3.05, 3.63) is 57.2 Å². The monoisotopic (exact) mass is 464 g/mol. The summed E-state index contributed by atoms with van der Waals surface area (Å²) in [5.74, 6) is -0.129. The molecule has 1 saturated heterocycles. The third-order valence-corrected chi connectivity index (χ3v) is 5.61. The largest absolute Gasteiger partial charge is 0.504 e. The van der Waals surface area contributed by atoms with Crippen LogP contribution in [0.1, 0.15) is 19.4 Å². The molecule has 0 saturated carbocycles. The van der Waals surface area contributed by atoms with Gasteiger partial charge in [0, 0.05) is 11.0 Å². The zero-order valence-electron chi connectivity index (χ0n) is 15.3. The van der Waals surface area contributed by atoms with Crippen molar-refractivity contribution in [3.8, 4) is 11.5 Å². The zero-order chi connectivity index (χ0) is 20.3. The highest BCUT2D eigenvalue weighted by atomic mass is 79.9. The number of thioether (sulfide) groups is 1. The normalized spacial score (nSPS) is 17.0. The number of rotatable bonds is 5. The quantitative estimate of drug-likeness (QED) is 0.608. The summed E-state index contributed by atoms with van der Waals surface area (Å²) >= 11 is 4.65. The first kappa shape index (κ1) is 20.4. The molecule has 0 unspecified atom stereocenters. The van der Waals surface area contributed by atoms with E-state index in [9.17, 15) is 14.3 Å². The molecule has 28 heavy (non-hydrogen) atoms. The Hall–Kier alpha value is -2.32. The Morgan fingerprint density at radius 3 is 2.64 bits per heavy atom. The van der Waals surface area contributed by atoms with Crippen LogP contribution in [0.2, 0.25) is 0 Å². The van der Waals surface area contributed by atoms with Crippen molar-refractivity contribution >= 4 is 50.5 Å². The number of ether oxygens (including phenoxy) is 1. The number of hydrogen-bond donors (Lipinski definition) is 1. The van der Waals surface area contributed by atoms with Crippen LogP contribution in [0.15, 0.2) is 50.8 Å². The van der Waals surface area contributed by atoms with Gasteiger partial charge < -0.3 is 9.84 Å². The number of likely N-dealkylation sites (N-methyl/N-ethyl adjacent to an activating group) is 1. The second kappa shape index (κ2) is 8.79. The predicted molar refractivity (Wildman–Crippen MR) is 113 cm³/mol.